The summed E-state index contributed by atoms with van der Waals surface area (Å²) in [6.45, 7) is 0. The molecule has 0 unspecified atom stereocenters. The van der Waals surface area contributed by atoms with Gasteiger partial charge in [-0.25, -0.2) is 4.99 Å². The zero-order chi connectivity index (χ0) is 13.5. The number of benzene rings is 1. The Bertz CT molecular complexity index is 465. The topological polar surface area (TPSA) is 95.2 Å². The van der Waals surface area contributed by atoms with Crippen molar-refractivity contribution in [3.05, 3.63) is 23.8 Å². The molecule has 0 aromatic heterocycles. The van der Waals surface area contributed by atoms with Gasteiger partial charge in [0.2, 0.25) is 0 Å². The standard InChI is InChI=1S/C12H18N4O2/c1-15-11(16-12(13)14)7-8-4-5-9(17-2)10(6-8)18-3/h4-6H,7H2,1-3H3,(H4,13,14,15,16). The summed E-state index contributed by atoms with van der Waals surface area (Å²) in [6, 6.07) is 5.61. The Morgan fingerprint density at radius 3 is 2.33 bits per heavy atom. The average molecular weight is 250 g/mol. The minimum absolute atomic E-state index is 0.00363. The SMILES string of the molecule is CN=C(Cc1ccc(OC)c(OC)c1)N=C(N)N. The lowest BCUT2D eigenvalue weighted by atomic mass is 10.1. The molecule has 6 nitrogen and oxygen atoms in total. The van der Waals surface area contributed by atoms with E-state index in [2.05, 4.69) is 9.98 Å². The van der Waals surface area contributed by atoms with Crippen LogP contribution in [0.5, 0.6) is 11.5 Å². The van der Waals surface area contributed by atoms with Crippen molar-refractivity contribution in [1.82, 2.24) is 0 Å². The molecule has 0 saturated heterocycles. The number of amidine groups is 1. The number of rotatable bonds is 4. The molecule has 0 aliphatic rings. The summed E-state index contributed by atoms with van der Waals surface area (Å²) >= 11 is 0. The molecule has 4 N–H and O–H groups in total. The molecule has 0 aliphatic carbocycles. The van der Waals surface area contributed by atoms with Gasteiger partial charge in [-0.15, -0.1) is 0 Å². The first-order valence-corrected chi connectivity index (χ1v) is 5.37. The molecule has 0 atom stereocenters. The van der Waals surface area contributed by atoms with Crippen molar-refractivity contribution in [2.45, 2.75) is 6.42 Å². The highest BCUT2D eigenvalue weighted by molar-refractivity contribution is 5.95. The third kappa shape index (κ3) is 3.65. The van der Waals surface area contributed by atoms with Gasteiger partial charge in [0, 0.05) is 13.5 Å². The minimum atomic E-state index is -0.00363. The zero-order valence-electron chi connectivity index (χ0n) is 10.8. The maximum atomic E-state index is 5.33. The predicted molar refractivity (Wildman–Crippen MR) is 72.4 cm³/mol. The van der Waals surface area contributed by atoms with Crippen molar-refractivity contribution in [2.75, 3.05) is 21.3 Å². The van der Waals surface area contributed by atoms with Crippen LogP contribution in [0, 0.1) is 0 Å². The fraction of sp³-hybridized carbons (Fsp3) is 0.333. The third-order valence-electron chi connectivity index (χ3n) is 2.33. The summed E-state index contributed by atoms with van der Waals surface area (Å²) in [5.41, 5.74) is 11.6. The van der Waals surface area contributed by atoms with E-state index in [0.29, 0.717) is 23.8 Å². The second-order valence-corrected chi connectivity index (χ2v) is 3.54. The van der Waals surface area contributed by atoms with E-state index in [1.165, 1.54) is 0 Å². The molecule has 0 aliphatic heterocycles. The molecule has 0 radical (unpaired) electrons. The number of aliphatic imine (C=N–C) groups is 2. The molecule has 0 fully saturated rings. The highest BCUT2D eigenvalue weighted by Crippen LogP contribution is 2.27. The van der Waals surface area contributed by atoms with Gasteiger partial charge < -0.3 is 20.9 Å². The Labute approximate surface area is 106 Å². The lowest BCUT2D eigenvalue weighted by Crippen LogP contribution is -2.24. The van der Waals surface area contributed by atoms with Crippen molar-refractivity contribution in [3.8, 4) is 11.5 Å². The molecule has 6 heteroatoms. The van der Waals surface area contributed by atoms with Gasteiger partial charge in [0.15, 0.2) is 17.5 Å². The van der Waals surface area contributed by atoms with Crippen molar-refractivity contribution in [2.24, 2.45) is 21.5 Å². The van der Waals surface area contributed by atoms with Gasteiger partial charge in [0.25, 0.3) is 0 Å². The molecule has 98 valence electrons. The van der Waals surface area contributed by atoms with Gasteiger partial charge in [-0.2, -0.15) is 0 Å². The van der Waals surface area contributed by atoms with Gasteiger partial charge in [-0.1, -0.05) is 6.07 Å². The maximum absolute atomic E-state index is 5.33. The van der Waals surface area contributed by atoms with E-state index in [1.807, 2.05) is 18.2 Å². The summed E-state index contributed by atoms with van der Waals surface area (Å²) in [5, 5.41) is 0. The summed E-state index contributed by atoms with van der Waals surface area (Å²) in [5.74, 6) is 1.89. The molecule has 0 saturated carbocycles. The predicted octanol–water partition coefficient (Wildman–Crippen LogP) is 0.548. The van der Waals surface area contributed by atoms with Crippen molar-refractivity contribution in [3.63, 3.8) is 0 Å². The maximum Gasteiger partial charge on any atom is 0.192 e. The number of nitrogens with two attached hydrogens (primary N) is 2. The molecule has 1 rings (SSSR count). The van der Waals surface area contributed by atoms with Crippen LogP contribution in [0.3, 0.4) is 0 Å². The fourth-order valence-corrected chi connectivity index (χ4v) is 1.49. The van der Waals surface area contributed by atoms with Crippen LogP contribution in [0.25, 0.3) is 0 Å². The molecule has 1 aromatic carbocycles. The summed E-state index contributed by atoms with van der Waals surface area (Å²) in [7, 11) is 4.82. The average Bonchev–Trinajstić information content (AvgIpc) is 2.37. The van der Waals surface area contributed by atoms with Crippen molar-refractivity contribution >= 4 is 11.8 Å². The monoisotopic (exact) mass is 250 g/mol. The fourth-order valence-electron chi connectivity index (χ4n) is 1.49. The number of guanidine groups is 1. The largest absolute Gasteiger partial charge is 0.493 e. The van der Waals surface area contributed by atoms with E-state index in [-0.39, 0.29) is 5.96 Å². The first-order chi connectivity index (χ1) is 8.60. The van der Waals surface area contributed by atoms with E-state index in [0.717, 1.165) is 5.56 Å². The van der Waals surface area contributed by atoms with Crippen molar-refractivity contribution in [1.29, 1.82) is 0 Å². The molecule has 0 amide bonds. The van der Waals surface area contributed by atoms with Crippen LogP contribution < -0.4 is 20.9 Å². The number of hydrogen-bond acceptors (Lipinski definition) is 3. The van der Waals surface area contributed by atoms with E-state index in [4.69, 9.17) is 20.9 Å². The quantitative estimate of drug-likeness (QED) is 0.602. The van der Waals surface area contributed by atoms with Gasteiger partial charge in [-0.05, 0) is 17.7 Å². The molecule has 0 bridgehead atoms. The Hall–Kier alpha value is -2.24. The first-order valence-electron chi connectivity index (χ1n) is 5.37. The Kier molecular flexibility index (Phi) is 4.98. The Morgan fingerprint density at radius 2 is 1.83 bits per heavy atom. The first kappa shape index (κ1) is 13.8. The Balaban J connectivity index is 2.95. The lowest BCUT2D eigenvalue weighted by molar-refractivity contribution is 0.354. The summed E-state index contributed by atoms with van der Waals surface area (Å²) in [4.78, 5) is 7.96. The van der Waals surface area contributed by atoms with Gasteiger partial charge in [0.05, 0.1) is 14.2 Å². The molecular formula is C12H18N4O2. The molecule has 18 heavy (non-hydrogen) atoms. The van der Waals surface area contributed by atoms with Gasteiger partial charge >= 0.3 is 0 Å². The van der Waals surface area contributed by atoms with Crippen LogP contribution in [-0.4, -0.2) is 33.1 Å². The van der Waals surface area contributed by atoms with E-state index < -0.39 is 0 Å². The van der Waals surface area contributed by atoms with Crippen LogP contribution in [-0.2, 0) is 6.42 Å². The van der Waals surface area contributed by atoms with Gasteiger partial charge in [-0.3, -0.25) is 4.99 Å². The lowest BCUT2D eigenvalue weighted by Gasteiger charge is -2.09. The summed E-state index contributed by atoms with van der Waals surface area (Å²) < 4.78 is 10.4. The van der Waals surface area contributed by atoms with E-state index in [9.17, 15) is 0 Å². The van der Waals surface area contributed by atoms with Crippen LogP contribution in [0.4, 0.5) is 0 Å². The summed E-state index contributed by atoms with van der Waals surface area (Å²) in [6.07, 6.45) is 0.523. The highest BCUT2D eigenvalue weighted by atomic mass is 16.5. The number of ether oxygens (including phenoxy) is 2. The minimum Gasteiger partial charge on any atom is -0.493 e. The molecular weight excluding hydrogens is 232 g/mol. The number of nitrogens with zero attached hydrogens (tertiary/aromatic N) is 2. The van der Waals surface area contributed by atoms with E-state index in [1.54, 1.807) is 21.3 Å². The van der Waals surface area contributed by atoms with E-state index >= 15 is 0 Å². The van der Waals surface area contributed by atoms with Crippen LogP contribution in [0.2, 0.25) is 0 Å². The second kappa shape index (κ2) is 6.48. The number of hydrogen-bond donors (Lipinski definition) is 2. The zero-order valence-corrected chi connectivity index (χ0v) is 10.8. The number of methoxy groups -OCH3 is 2. The Morgan fingerprint density at radius 1 is 1.17 bits per heavy atom. The molecule has 0 heterocycles. The highest BCUT2D eigenvalue weighted by Gasteiger charge is 2.06. The van der Waals surface area contributed by atoms with Crippen LogP contribution in [0.1, 0.15) is 5.56 Å². The van der Waals surface area contributed by atoms with Crippen LogP contribution in [0.15, 0.2) is 28.2 Å². The normalized spacial score (nSPS) is 10.9. The second-order valence-electron chi connectivity index (χ2n) is 3.54. The molecule has 1 aromatic rings. The van der Waals surface area contributed by atoms with Crippen LogP contribution >= 0.6 is 0 Å². The van der Waals surface area contributed by atoms with Crippen molar-refractivity contribution < 1.29 is 9.47 Å². The third-order valence-corrected chi connectivity index (χ3v) is 2.33. The van der Waals surface area contributed by atoms with Gasteiger partial charge in [0.1, 0.15) is 5.84 Å². The smallest absolute Gasteiger partial charge is 0.192 e. The molecule has 0 spiro atoms.